The number of aromatic nitrogens is 1. The molecule has 7 heteroatoms. The minimum Gasteiger partial charge on any atom is -0.349 e. The van der Waals surface area contributed by atoms with Gasteiger partial charge in [-0.2, -0.15) is 11.3 Å². The lowest BCUT2D eigenvalue weighted by Crippen LogP contribution is -2.46. The molecule has 3 heterocycles. The molecule has 31 heavy (non-hydrogen) atoms. The van der Waals surface area contributed by atoms with E-state index in [0.717, 1.165) is 22.8 Å². The van der Waals surface area contributed by atoms with Gasteiger partial charge in [0.05, 0.1) is 5.56 Å². The molecule has 0 atom stereocenters. The van der Waals surface area contributed by atoms with E-state index in [-0.39, 0.29) is 17.9 Å². The number of carbonyl (C=O) groups excluding carboxylic acids is 2. The Morgan fingerprint density at radius 2 is 1.97 bits per heavy atom. The average molecular weight is 452 g/mol. The molecule has 1 fully saturated rings. The number of rotatable bonds is 5. The van der Waals surface area contributed by atoms with Crippen molar-refractivity contribution in [1.82, 2.24) is 15.2 Å². The molecule has 0 aliphatic carbocycles. The second kappa shape index (κ2) is 9.66. The maximum atomic E-state index is 13.3. The number of hydrogen-bond acceptors (Lipinski definition) is 5. The van der Waals surface area contributed by atoms with Crippen molar-refractivity contribution in [3.05, 3.63) is 75.6 Å². The van der Waals surface area contributed by atoms with Crippen LogP contribution in [0.1, 0.15) is 44.7 Å². The molecule has 0 unspecified atom stereocenters. The van der Waals surface area contributed by atoms with Gasteiger partial charge >= 0.3 is 0 Å². The standard InChI is InChI=1S/C24H25N3O2S2/c1-16-5-6-21(17(2)14-16)31-23-20(4-3-10-25-23)24(29)27-11-7-19(8-12-27)26-22(28)18-9-13-30-15-18/h3-6,9-10,13-15,19H,7-8,11-12H2,1-2H3,(H,26,28). The molecule has 4 rings (SSSR count). The van der Waals surface area contributed by atoms with Crippen molar-refractivity contribution >= 4 is 34.9 Å². The average Bonchev–Trinajstić information content (AvgIpc) is 3.31. The van der Waals surface area contributed by atoms with Gasteiger partial charge in [0, 0.05) is 41.2 Å². The van der Waals surface area contributed by atoms with E-state index in [1.807, 2.05) is 33.9 Å². The van der Waals surface area contributed by atoms with Gasteiger partial charge in [-0.25, -0.2) is 4.98 Å². The molecule has 160 valence electrons. The molecule has 0 saturated carbocycles. The van der Waals surface area contributed by atoms with Gasteiger partial charge in [0.1, 0.15) is 5.03 Å². The summed E-state index contributed by atoms with van der Waals surface area (Å²) in [7, 11) is 0. The molecule has 5 nitrogen and oxygen atoms in total. The van der Waals surface area contributed by atoms with Crippen LogP contribution < -0.4 is 5.32 Å². The molecule has 1 N–H and O–H groups in total. The zero-order chi connectivity index (χ0) is 21.8. The third-order valence-electron chi connectivity index (χ3n) is 5.44. The quantitative estimate of drug-likeness (QED) is 0.596. The first-order valence-electron chi connectivity index (χ1n) is 10.3. The molecular weight excluding hydrogens is 426 g/mol. The lowest BCUT2D eigenvalue weighted by atomic mass is 10.0. The number of hydrogen-bond donors (Lipinski definition) is 1. The van der Waals surface area contributed by atoms with E-state index in [1.54, 1.807) is 6.20 Å². The summed E-state index contributed by atoms with van der Waals surface area (Å²) in [6, 6.07) is 11.9. The molecule has 3 aromatic rings. The Morgan fingerprint density at radius 3 is 2.68 bits per heavy atom. The van der Waals surface area contributed by atoms with E-state index >= 15 is 0 Å². The van der Waals surface area contributed by atoms with E-state index < -0.39 is 0 Å². The zero-order valence-electron chi connectivity index (χ0n) is 17.6. The first kappa shape index (κ1) is 21.6. The molecule has 0 bridgehead atoms. The SMILES string of the molecule is Cc1ccc(Sc2ncccc2C(=O)N2CCC(NC(=O)c3ccsc3)CC2)c(C)c1. The molecular formula is C24H25N3O2S2. The number of nitrogens with zero attached hydrogens (tertiary/aromatic N) is 2. The Balaban J connectivity index is 1.41. The fourth-order valence-corrected chi connectivity index (χ4v) is 5.29. The van der Waals surface area contributed by atoms with Crippen molar-refractivity contribution in [3.63, 3.8) is 0 Å². The van der Waals surface area contributed by atoms with Crippen LogP contribution in [0.5, 0.6) is 0 Å². The Bertz CT molecular complexity index is 1070. The normalized spacial score (nSPS) is 14.5. The molecule has 2 aromatic heterocycles. The lowest BCUT2D eigenvalue weighted by Gasteiger charge is -2.32. The van der Waals surface area contributed by atoms with Gasteiger partial charge in [-0.05, 0) is 61.9 Å². The summed E-state index contributed by atoms with van der Waals surface area (Å²) in [5, 5.41) is 7.57. The Kier molecular flexibility index (Phi) is 6.73. The van der Waals surface area contributed by atoms with Crippen LogP contribution in [0.25, 0.3) is 0 Å². The van der Waals surface area contributed by atoms with Crippen LogP contribution in [0.3, 0.4) is 0 Å². The van der Waals surface area contributed by atoms with Crippen LogP contribution in [0.2, 0.25) is 0 Å². The summed E-state index contributed by atoms with van der Waals surface area (Å²) >= 11 is 3.05. The molecule has 1 aromatic carbocycles. The maximum absolute atomic E-state index is 13.3. The number of pyridine rings is 1. The summed E-state index contributed by atoms with van der Waals surface area (Å²) in [4.78, 5) is 33.0. The van der Waals surface area contributed by atoms with Crippen molar-refractivity contribution in [2.24, 2.45) is 0 Å². The Labute approximate surface area is 190 Å². The van der Waals surface area contributed by atoms with Crippen molar-refractivity contribution in [1.29, 1.82) is 0 Å². The number of aryl methyl sites for hydroxylation is 2. The van der Waals surface area contributed by atoms with Gasteiger partial charge in [0.15, 0.2) is 0 Å². The van der Waals surface area contributed by atoms with E-state index in [9.17, 15) is 9.59 Å². The van der Waals surface area contributed by atoms with Crippen molar-refractivity contribution < 1.29 is 9.59 Å². The number of benzene rings is 1. The second-order valence-corrected chi connectivity index (χ2v) is 9.59. The highest BCUT2D eigenvalue weighted by Crippen LogP contribution is 2.32. The monoisotopic (exact) mass is 451 g/mol. The third-order valence-corrected chi connectivity index (χ3v) is 7.32. The summed E-state index contributed by atoms with van der Waals surface area (Å²) in [5.74, 6) is -0.0339. The van der Waals surface area contributed by atoms with Crippen LogP contribution in [0, 0.1) is 13.8 Å². The Hall–Kier alpha value is -2.64. The van der Waals surface area contributed by atoms with Crippen molar-refractivity contribution in [2.75, 3.05) is 13.1 Å². The van der Waals surface area contributed by atoms with Gasteiger partial charge in [0.25, 0.3) is 11.8 Å². The van der Waals surface area contributed by atoms with Gasteiger partial charge in [-0.1, -0.05) is 29.5 Å². The lowest BCUT2D eigenvalue weighted by molar-refractivity contribution is 0.0694. The van der Waals surface area contributed by atoms with Crippen LogP contribution in [-0.4, -0.2) is 40.8 Å². The van der Waals surface area contributed by atoms with Gasteiger partial charge in [-0.15, -0.1) is 0 Å². The van der Waals surface area contributed by atoms with E-state index in [4.69, 9.17) is 0 Å². The summed E-state index contributed by atoms with van der Waals surface area (Å²) in [6.45, 7) is 5.39. The zero-order valence-corrected chi connectivity index (χ0v) is 19.3. The summed E-state index contributed by atoms with van der Waals surface area (Å²) in [5.41, 5.74) is 3.73. The van der Waals surface area contributed by atoms with Crippen LogP contribution >= 0.6 is 23.1 Å². The number of nitrogens with one attached hydrogen (secondary N) is 1. The van der Waals surface area contributed by atoms with Gasteiger partial charge in [0.2, 0.25) is 0 Å². The highest BCUT2D eigenvalue weighted by atomic mass is 32.2. The molecule has 2 amide bonds. The van der Waals surface area contributed by atoms with E-state index in [0.29, 0.717) is 24.2 Å². The first-order chi connectivity index (χ1) is 15.0. The predicted octanol–water partition coefficient (Wildman–Crippen LogP) is 4.95. The summed E-state index contributed by atoms with van der Waals surface area (Å²) in [6.07, 6.45) is 3.23. The Morgan fingerprint density at radius 1 is 1.16 bits per heavy atom. The van der Waals surface area contributed by atoms with Gasteiger partial charge < -0.3 is 10.2 Å². The minimum absolute atomic E-state index is 0.00276. The maximum Gasteiger partial charge on any atom is 0.256 e. The van der Waals surface area contributed by atoms with Crippen LogP contribution in [0.15, 0.2) is 63.3 Å². The van der Waals surface area contributed by atoms with Gasteiger partial charge in [-0.3, -0.25) is 9.59 Å². The number of piperidine rings is 1. The smallest absolute Gasteiger partial charge is 0.256 e. The fourth-order valence-electron chi connectivity index (χ4n) is 3.71. The molecule has 1 saturated heterocycles. The number of carbonyl (C=O) groups is 2. The van der Waals surface area contributed by atoms with E-state index in [2.05, 4.69) is 42.3 Å². The minimum atomic E-state index is -0.0366. The predicted molar refractivity (Wildman–Crippen MR) is 125 cm³/mol. The highest BCUT2D eigenvalue weighted by Gasteiger charge is 2.26. The molecule has 1 aliphatic heterocycles. The number of amides is 2. The largest absolute Gasteiger partial charge is 0.349 e. The number of thiophene rings is 1. The topological polar surface area (TPSA) is 62.3 Å². The third kappa shape index (κ3) is 5.17. The molecule has 0 spiro atoms. The first-order valence-corrected chi connectivity index (χ1v) is 12.1. The van der Waals surface area contributed by atoms with Crippen molar-refractivity contribution in [2.45, 2.75) is 42.7 Å². The highest BCUT2D eigenvalue weighted by molar-refractivity contribution is 7.99. The van der Waals surface area contributed by atoms with Crippen molar-refractivity contribution in [3.8, 4) is 0 Å². The van der Waals surface area contributed by atoms with E-state index in [1.165, 1.54) is 34.2 Å². The van der Waals surface area contributed by atoms with Crippen LogP contribution in [0.4, 0.5) is 0 Å². The summed E-state index contributed by atoms with van der Waals surface area (Å²) < 4.78 is 0. The molecule has 0 radical (unpaired) electrons. The van der Waals surface area contributed by atoms with Crippen LogP contribution in [-0.2, 0) is 0 Å². The molecule has 1 aliphatic rings. The number of likely N-dealkylation sites (tertiary alicyclic amines) is 1. The second-order valence-electron chi connectivity index (χ2n) is 7.78. The fraction of sp³-hybridized carbons (Fsp3) is 0.292.